The van der Waals surface area contributed by atoms with Gasteiger partial charge in [-0.1, -0.05) is 0 Å². The van der Waals surface area contributed by atoms with Crippen molar-refractivity contribution in [1.82, 2.24) is 5.32 Å². The van der Waals surface area contributed by atoms with Crippen LogP contribution in [-0.2, 0) is 52.4 Å². The summed E-state index contributed by atoms with van der Waals surface area (Å²) in [5.41, 5.74) is -5.87. The lowest BCUT2D eigenvalue weighted by Crippen LogP contribution is -2.67. The van der Waals surface area contributed by atoms with Gasteiger partial charge in [0.25, 0.3) is 0 Å². The van der Waals surface area contributed by atoms with Crippen molar-refractivity contribution < 1.29 is 63.9 Å². The molecule has 0 spiro atoms. The van der Waals surface area contributed by atoms with Crippen LogP contribution in [-0.4, -0.2) is 75.0 Å². The smallest absolute Gasteiger partial charge is 0.463 e. The lowest BCUT2D eigenvalue weighted by atomic mass is 9.96. The Morgan fingerprint density at radius 2 is 1.48 bits per heavy atom. The molecule has 1 N–H and O–H groups in total. The number of alkyl halides is 3. The van der Waals surface area contributed by atoms with Crippen molar-refractivity contribution in [3.63, 3.8) is 0 Å². The number of esters is 3. The normalized spacial score (nSPS) is 26.5. The quantitative estimate of drug-likeness (QED) is 0.217. The molecule has 1 fully saturated rings. The number of rotatable bonds is 7. The van der Waals surface area contributed by atoms with Crippen molar-refractivity contribution in [3.8, 4) is 0 Å². The van der Waals surface area contributed by atoms with Gasteiger partial charge in [-0.05, 0) is 0 Å². The number of hydrogen-bond acceptors (Lipinski definition) is 11. The van der Waals surface area contributed by atoms with Gasteiger partial charge >= 0.3 is 33.5 Å². The second kappa shape index (κ2) is 10.2. The molecule has 31 heavy (non-hydrogen) atoms. The minimum atomic E-state index is -6.26. The van der Waals surface area contributed by atoms with Crippen molar-refractivity contribution in [2.75, 3.05) is 6.61 Å². The van der Waals surface area contributed by atoms with E-state index in [0.29, 0.717) is 0 Å². The first-order valence-corrected chi connectivity index (χ1v) is 9.86. The van der Waals surface area contributed by atoms with E-state index in [9.17, 15) is 40.8 Å². The molecule has 0 aliphatic carbocycles. The maximum absolute atomic E-state index is 12.9. The minimum absolute atomic E-state index is 0.821. The van der Waals surface area contributed by atoms with Crippen molar-refractivity contribution >= 4 is 33.9 Å². The summed E-state index contributed by atoms with van der Waals surface area (Å²) >= 11 is 0. The Morgan fingerprint density at radius 1 is 0.935 bits per heavy atom. The van der Waals surface area contributed by atoms with Crippen molar-refractivity contribution in [1.29, 1.82) is 0 Å². The molecule has 16 heteroatoms. The molecule has 1 heterocycles. The van der Waals surface area contributed by atoms with Gasteiger partial charge in [0.1, 0.15) is 24.9 Å². The summed E-state index contributed by atoms with van der Waals surface area (Å²) in [6.45, 7) is 2.83. The third kappa shape index (κ3) is 7.62. The SMILES string of the molecule is CC(=O)N[C@H]1[C@@H](OC(C)=O)O[C@H](COC(C)=O)[C@@H](OS(=O)(=O)C(F)(F)F)[C@@H]1OC(C)=O. The van der Waals surface area contributed by atoms with E-state index in [-0.39, 0.29) is 0 Å². The molecular formula is C15H20F3NO11S. The van der Waals surface area contributed by atoms with Crippen LogP contribution in [0.2, 0.25) is 0 Å². The Balaban J connectivity index is 3.51. The molecule has 1 rings (SSSR count). The second-order valence-corrected chi connectivity index (χ2v) is 7.78. The predicted molar refractivity (Wildman–Crippen MR) is 90.1 cm³/mol. The zero-order valence-electron chi connectivity index (χ0n) is 16.6. The number of ether oxygens (including phenoxy) is 4. The highest BCUT2D eigenvalue weighted by atomic mass is 32.2. The lowest BCUT2D eigenvalue weighted by molar-refractivity contribution is -0.263. The highest BCUT2D eigenvalue weighted by Crippen LogP contribution is 2.33. The van der Waals surface area contributed by atoms with Gasteiger partial charge < -0.3 is 24.3 Å². The molecular weight excluding hydrogens is 459 g/mol. The third-order valence-electron chi connectivity index (χ3n) is 3.57. The monoisotopic (exact) mass is 479 g/mol. The van der Waals surface area contributed by atoms with Crippen LogP contribution in [0.4, 0.5) is 13.2 Å². The molecule has 0 saturated carbocycles. The molecule has 5 atom stereocenters. The zero-order valence-corrected chi connectivity index (χ0v) is 17.4. The van der Waals surface area contributed by atoms with Crippen LogP contribution >= 0.6 is 0 Å². The highest BCUT2D eigenvalue weighted by Gasteiger charge is 2.56. The van der Waals surface area contributed by atoms with Crippen LogP contribution in [0.3, 0.4) is 0 Å². The summed E-state index contributed by atoms with van der Waals surface area (Å²) in [5, 5.41) is 2.15. The average Bonchev–Trinajstić information content (AvgIpc) is 2.56. The number of carbonyl (C=O) groups is 4. The maximum Gasteiger partial charge on any atom is 0.523 e. The lowest BCUT2D eigenvalue weighted by Gasteiger charge is -2.44. The summed E-state index contributed by atoms with van der Waals surface area (Å²) < 4.78 is 85.8. The molecule has 0 aromatic heterocycles. The van der Waals surface area contributed by atoms with Crippen LogP contribution in [0, 0.1) is 0 Å². The van der Waals surface area contributed by atoms with E-state index in [1.807, 2.05) is 0 Å². The van der Waals surface area contributed by atoms with Gasteiger partial charge in [-0.3, -0.25) is 23.4 Å². The van der Waals surface area contributed by atoms with Crippen molar-refractivity contribution in [3.05, 3.63) is 0 Å². The average molecular weight is 479 g/mol. The largest absolute Gasteiger partial charge is 0.523 e. The summed E-state index contributed by atoms with van der Waals surface area (Å²) in [6.07, 6.45) is -7.80. The first kappa shape index (κ1) is 26.6. The summed E-state index contributed by atoms with van der Waals surface area (Å²) in [4.78, 5) is 45.6. The second-order valence-electron chi connectivity index (χ2n) is 6.22. The predicted octanol–water partition coefficient (Wildman–Crippen LogP) is -0.491. The highest BCUT2D eigenvalue weighted by molar-refractivity contribution is 7.87. The van der Waals surface area contributed by atoms with Crippen LogP contribution in [0.25, 0.3) is 0 Å². The van der Waals surface area contributed by atoms with E-state index in [0.717, 1.165) is 27.7 Å². The van der Waals surface area contributed by atoms with E-state index < -0.39 is 76.7 Å². The fourth-order valence-electron chi connectivity index (χ4n) is 2.54. The fourth-order valence-corrected chi connectivity index (χ4v) is 3.17. The number of hydrogen-bond donors (Lipinski definition) is 1. The number of halogens is 3. The summed E-state index contributed by atoms with van der Waals surface area (Å²) in [7, 11) is -6.26. The van der Waals surface area contributed by atoms with Gasteiger partial charge in [0.05, 0.1) is 0 Å². The zero-order chi connectivity index (χ0) is 24.1. The van der Waals surface area contributed by atoms with Crippen LogP contribution in [0.15, 0.2) is 0 Å². The van der Waals surface area contributed by atoms with Gasteiger partial charge in [0.2, 0.25) is 12.2 Å². The molecule has 0 unspecified atom stereocenters. The number of nitrogens with one attached hydrogen (secondary N) is 1. The van der Waals surface area contributed by atoms with Gasteiger partial charge in [-0.2, -0.15) is 21.6 Å². The summed E-state index contributed by atoms with van der Waals surface area (Å²) in [5.74, 6) is -3.81. The molecule has 0 aromatic rings. The van der Waals surface area contributed by atoms with E-state index in [1.54, 1.807) is 0 Å². The Labute approximate surface area is 174 Å². The molecule has 12 nitrogen and oxygen atoms in total. The van der Waals surface area contributed by atoms with E-state index in [1.165, 1.54) is 0 Å². The first-order chi connectivity index (χ1) is 14.0. The third-order valence-corrected chi connectivity index (χ3v) is 4.62. The Morgan fingerprint density at radius 3 is 1.90 bits per heavy atom. The van der Waals surface area contributed by atoms with Gasteiger partial charge in [0, 0.05) is 27.7 Å². The topological polar surface area (TPSA) is 161 Å². The molecule has 1 saturated heterocycles. The Hall–Kier alpha value is -2.46. The molecule has 0 aromatic carbocycles. The van der Waals surface area contributed by atoms with Crippen molar-refractivity contribution in [2.24, 2.45) is 0 Å². The molecule has 1 amide bonds. The van der Waals surface area contributed by atoms with E-state index in [2.05, 4.69) is 14.2 Å². The first-order valence-electron chi connectivity index (χ1n) is 8.45. The molecule has 1 aliphatic heterocycles. The Kier molecular flexibility index (Phi) is 8.77. The van der Waals surface area contributed by atoms with Gasteiger partial charge in [0.15, 0.2) is 6.10 Å². The maximum atomic E-state index is 12.9. The molecule has 0 bridgehead atoms. The summed E-state index contributed by atoms with van der Waals surface area (Å²) in [6, 6.07) is -1.67. The molecule has 0 radical (unpaired) electrons. The van der Waals surface area contributed by atoms with Crippen LogP contribution in [0.5, 0.6) is 0 Å². The van der Waals surface area contributed by atoms with Crippen LogP contribution in [0.1, 0.15) is 27.7 Å². The number of carbonyl (C=O) groups excluding carboxylic acids is 4. The standard InChI is InChI=1S/C15H20F3NO11S/c1-6(20)19-11-13(27-8(3)22)12(30-31(24,25)15(16,17)18)10(5-26-7(2)21)29-14(11)28-9(4)23/h10-14H,5H2,1-4H3,(H,19,20)/t10-,11-,12-,13-,14+/m1/s1. The van der Waals surface area contributed by atoms with E-state index >= 15 is 0 Å². The van der Waals surface area contributed by atoms with E-state index in [4.69, 9.17) is 14.2 Å². The minimum Gasteiger partial charge on any atom is -0.463 e. The number of amides is 1. The van der Waals surface area contributed by atoms with Crippen LogP contribution < -0.4 is 5.32 Å². The van der Waals surface area contributed by atoms with Gasteiger partial charge in [-0.25, -0.2) is 0 Å². The fraction of sp³-hybridized carbons (Fsp3) is 0.733. The Bertz CT molecular complexity index is 814. The molecule has 178 valence electrons. The van der Waals surface area contributed by atoms with Gasteiger partial charge in [-0.15, -0.1) is 0 Å². The van der Waals surface area contributed by atoms with Crippen molar-refractivity contribution in [2.45, 2.75) is 63.8 Å². The molecule has 1 aliphatic rings.